The van der Waals surface area contributed by atoms with Crippen molar-refractivity contribution in [2.45, 2.75) is 32.1 Å². The highest BCUT2D eigenvalue weighted by Gasteiger charge is 2.41. The Morgan fingerprint density at radius 3 is 2.50 bits per heavy atom. The van der Waals surface area contributed by atoms with E-state index in [1.165, 1.54) is 45.3 Å². The van der Waals surface area contributed by atoms with Gasteiger partial charge in [0.1, 0.15) is 0 Å². The lowest BCUT2D eigenvalue weighted by Gasteiger charge is -2.41. The molecular formula is C11H19N. The largest absolute Gasteiger partial charge is 0.303 e. The number of hydrogen-bond acceptors (Lipinski definition) is 1. The van der Waals surface area contributed by atoms with Crippen molar-refractivity contribution in [2.24, 2.45) is 17.8 Å². The normalized spacial score (nSPS) is 52.0. The standard InChI is InChI=1S/C11H19N/c1-2-4-11-9(3-1)7-12-6-5-10(11)8-12/h9-11H,1-8H2. The van der Waals surface area contributed by atoms with Gasteiger partial charge in [-0.15, -0.1) is 0 Å². The van der Waals surface area contributed by atoms with Gasteiger partial charge >= 0.3 is 0 Å². The van der Waals surface area contributed by atoms with Gasteiger partial charge in [-0.1, -0.05) is 12.8 Å². The number of hydrogen-bond donors (Lipinski definition) is 0. The van der Waals surface area contributed by atoms with Gasteiger partial charge in [0.2, 0.25) is 0 Å². The van der Waals surface area contributed by atoms with Gasteiger partial charge in [0.05, 0.1) is 0 Å². The molecule has 0 spiro atoms. The maximum absolute atomic E-state index is 2.71. The predicted molar refractivity (Wildman–Crippen MR) is 50.0 cm³/mol. The van der Waals surface area contributed by atoms with Crippen molar-refractivity contribution >= 4 is 0 Å². The van der Waals surface area contributed by atoms with Crippen molar-refractivity contribution in [1.29, 1.82) is 0 Å². The van der Waals surface area contributed by atoms with E-state index in [1.807, 2.05) is 0 Å². The molecule has 3 aliphatic rings. The molecule has 3 rings (SSSR count). The molecule has 2 saturated heterocycles. The minimum Gasteiger partial charge on any atom is -0.303 e. The van der Waals surface area contributed by atoms with E-state index in [1.54, 1.807) is 6.42 Å². The van der Waals surface area contributed by atoms with E-state index in [2.05, 4.69) is 4.90 Å². The van der Waals surface area contributed by atoms with Crippen molar-refractivity contribution in [3.63, 3.8) is 0 Å². The summed E-state index contributed by atoms with van der Waals surface area (Å²) in [6, 6.07) is 0. The highest BCUT2D eigenvalue weighted by atomic mass is 15.2. The van der Waals surface area contributed by atoms with Crippen LogP contribution in [0.25, 0.3) is 0 Å². The van der Waals surface area contributed by atoms with Gasteiger partial charge < -0.3 is 4.90 Å². The van der Waals surface area contributed by atoms with Gasteiger partial charge in [-0.25, -0.2) is 0 Å². The maximum atomic E-state index is 2.71. The Morgan fingerprint density at radius 2 is 1.58 bits per heavy atom. The molecule has 0 aromatic heterocycles. The minimum absolute atomic E-state index is 1.10. The first kappa shape index (κ1) is 7.37. The molecule has 0 N–H and O–H groups in total. The lowest BCUT2D eigenvalue weighted by Crippen LogP contribution is -2.41. The van der Waals surface area contributed by atoms with E-state index in [0.717, 1.165) is 17.8 Å². The number of rotatable bonds is 0. The third-order valence-electron chi connectivity index (χ3n) is 4.37. The summed E-state index contributed by atoms with van der Waals surface area (Å²) >= 11 is 0. The Kier molecular flexibility index (Phi) is 1.68. The minimum atomic E-state index is 1.10. The molecule has 4 atom stereocenters. The smallest absolute Gasteiger partial charge is 0.00130 e. The zero-order valence-electron chi connectivity index (χ0n) is 7.84. The summed E-state index contributed by atoms with van der Waals surface area (Å²) in [5.74, 6) is 3.33. The second-order valence-corrected chi connectivity index (χ2v) is 5.02. The summed E-state index contributed by atoms with van der Waals surface area (Å²) in [5, 5.41) is 0. The molecule has 1 saturated carbocycles. The van der Waals surface area contributed by atoms with E-state index in [0.29, 0.717) is 0 Å². The fourth-order valence-electron chi connectivity index (χ4n) is 3.79. The first-order chi connectivity index (χ1) is 5.93. The van der Waals surface area contributed by atoms with Crippen LogP contribution < -0.4 is 0 Å². The van der Waals surface area contributed by atoms with Crippen LogP contribution in [0.5, 0.6) is 0 Å². The Bertz CT molecular complexity index is 178. The van der Waals surface area contributed by atoms with E-state index in [9.17, 15) is 0 Å². The van der Waals surface area contributed by atoms with Crippen molar-refractivity contribution < 1.29 is 0 Å². The second-order valence-electron chi connectivity index (χ2n) is 5.02. The van der Waals surface area contributed by atoms with Crippen LogP contribution in [0.3, 0.4) is 0 Å². The third kappa shape index (κ3) is 1.02. The van der Waals surface area contributed by atoms with Gasteiger partial charge in [-0.2, -0.15) is 0 Å². The molecule has 1 nitrogen and oxygen atoms in total. The Morgan fingerprint density at radius 1 is 0.833 bits per heavy atom. The quantitative estimate of drug-likeness (QED) is 0.531. The topological polar surface area (TPSA) is 3.24 Å². The number of piperidine rings is 1. The molecule has 2 heterocycles. The maximum Gasteiger partial charge on any atom is 0.00130 e. The van der Waals surface area contributed by atoms with Crippen molar-refractivity contribution in [3.8, 4) is 0 Å². The molecule has 1 aliphatic carbocycles. The van der Waals surface area contributed by atoms with E-state index >= 15 is 0 Å². The van der Waals surface area contributed by atoms with Crippen molar-refractivity contribution in [2.75, 3.05) is 19.6 Å². The summed E-state index contributed by atoms with van der Waals surface area (Å²) in [7, 11) is 0. The molecule has 3 fully saturated rings. The predicted octanol–water partition coefficient (Wildman–Crippen LogP) is 2.13. The summed E-state index contributed by atoms with van der Waals surface area (Å²) in [4.78, 5) is 2.71. The number of fused-ring (bicyclic) bond motifs is 4. The molecule has 2 aliphatic heterocycles. The average molecular weight is 165 g/mol. The molecule has 68 valence electrons. The Hall–Kier alpha value is -0.0400. The third-order valence-corrected chi connectivity index (χ3v) is 4.37. The summed E-state index contributed by atoms with van der Waals surface area (Å²) < 4.78 is 0. The Balaban J connectivity index is 1.80. The zero-order chi connectivity index (χ0) is 7.97. The van der Waals surface area contributed by atoms with E-state index in [-0.39, 0.29) is 0 Å². The lowest BCUT2D eigenvalue weighted by molar-refractivity contribution is 0.0872. The fourth-order valence-corrected chi connectivity index (χ4v) is 3.79. The van der Waals surface area contributed by atoms with Crippen LogP contribution in [-0.2, 0) is 0 Å². The number of nitrogens with zero attached hydrogens (tertiary/aromatic N) is 1. The van der Waals surface area contributed by atoms with Crippen molar-refractivity contribution in [3.05, 3.63) is 0 Å². The summed E-state index contributed by atoms with van der Waals surface area (Å²) in [6.45, 7) is 4.31. The monoisotopic (exact) mass is 165 g/mol. The molecule has 1 heteroatoms. The Labute approximate surface area is 75.1 Å². The van der Waals surface area contributed by atoms with Gasteiger partial charge in [0.25, 0.3) is 0 Å². The van der Waals surface area contributed by atoms with Gasteiger partial charge in [0, 0.05) is 13.1 Å². The molecular weight excluding hydrogens is 146 g/mol. The molecule has 2 bridgehead atoms. The van der Waals surface area contributed by atoms with Crippen LogP contribution in [0.15, 0.2) is 0 Å². The van der Waals surface area contributed by atoms with E-state index in [4.69, 9.17) is 0 Å². The molecule has 0 amide bonds. The van der Waals surface area contributed by atoms with E-state index < -0.39 is 0 Å². The molecule has 0 aromatic carbocycles. The molecule has 0 aromatic rings. The molecule has 12 heavy (non-hydrogen) atoms. The molecule has 0 radical (unpaired) electrons. The van der Waals surface area contributed by atoms with Crippen LogP contribution in [0.2, 0.25) is 0 Å². The van der Waals surface area contributed by atoms with Crippen molar-refractivity contribution in [1.82, 2.24) is 4.90 Å². The first-order valence-corrected chi connectivity index (χ1v) is 5.66. The summed E-state index contributed by atoms with van der Waals surface area (Å²) in [5.41, 5.74) is 0. The van der Waals surface area contributed by atoms with Crippen LogP contribution in [0.1, 0.15) is 32.1 Å². The van der Waals surface area contributed by atoms with Crippen LogP contribution in [-0.4, -0.2) is 24.5 Å². The van der Waals surface area contributed by atoms with Gasteiger partial charge in [-0.3, -0.25) is 0 Å². The van der Waals surface area contributed by atoms with Crippen LogP contribution >= 0.6 is 0 Å². The van der Waals surface area contributed by atoms with Gasteiger partial charge in [-0.05, 0) is 43.6 Å². The fraction of sp³-hybridized carbons (Fsp3) is 1.00. The highest BCUT2D eigenvalue weighted by molar-refractivity contribution is 4.93. The zero-order valence-corrected chi connectivity index (χ0v) is 7.84. The lowest BCUT2D eigenvalue weighted by atomic mass is 9.71. The first-order valence-electron chi connectivity index (χ1n) is 5.66. The highest BCUT2D eigenvalue weighted by Crippen LogP contribution is 2.43. The average Bonchev–Trinajstić information content (AvgIpc) is 2.49. The van der Waals surface area contributed by atoms with Gasteiger partial charge in [0.15, 0.2) is 0 Å². The summed E-state index contributed by atoms with van der Waals surface area (Å²) in [6.07, 6.45) is 7.65. The van der Waals surface area contributed by atoms with Crippen LogP contribution in [0, 0.1) is 17.8 Å². The second kappa shape index (κ2) is 2.73. The molecule has 4 unspecified atom stereocenters. The SMILES string of the molecule is C1CCC2C(C1)CN1CCC2C1. The van der Waals surface area contributed by atoms with Crippen LogP contribution in [0.4, 0.5) is 0 Å².